The Balaban J connectivity index is 1.84. The molecule has 12 heteroatoms. The zero-order valence-electron chi connectivity index (χ0n) is 29.5. The number of fused-ring (bicyclic) bond motifs is 8. The number of aromatic nitrogens is 5. The summed E-state index contributed by atoms with van der Waals surface area (Å²) in [6.07, 6.45) is 1.76. The zero-order chi connectivity index (χ0) is 36.0. The second-order valence-electron chi connectivity index (χ2n) is 13.2. The number of hydrogen-bond acceptors (Lipinski definition) is 8. The van der Waals surface area contributed by atoms with Crippen LogP contribution in [0.3, 0.4) is 0 Å². The Bertz CT molecular complexity index is 2370. The van der Waals surface area contributed by atoms with Gasteiger partial charge in [-0.1, -0.05) is 13.8 Å². The van der Waals surface area contributed by atoms with Crippen LogP contribution in [-0.4, -0.2) is 54.5 Å². The van der Waals surface area contributed by atoms with Crippen LogP contribution in [0.4, 0.5) is 0 Å². The van der Waals surface area contributed by atoms with Crippen LogP contribution in [-0.2, 0) is 16.1 Å². The van der Waals surface area contributed by atoms with Crippen molar-refractivity contribution in [1.29, 1.82) is 0 Å². The number of thiocarbonyl (C=S) groups is 1. The molecule has 0 amide bonds. The van der Waals surface area contributed by atoms with Gasteiger partial charge in [0.15, 0.2) is 0 Å². The van der Waals surface area contributed by atoms with Gasteiger partial charge in [-0.2, -0.15) is 0 Å². The average molecular weight is 696 g/mol. The Morgan fingerprint density at radius 2 is 1.92 bits per heavy atom. The molecule has 0 saturated carbocycles. The van der Waals surface area contributed by atoms with Crippen molar-refractivity contribution in [3.05, 3.63) is 73.7 Å². The Kier molecular flexibility index (Phi) is 9.52. The number of rotatable bonds is 8. The van der Waals surface area contributed by atoms with E-state index in [2.05, 4.69) is 45.0 Å². The maximum absolute atomic E-state index is 14.2. The summed E-state index contributed by atoms with van der Waals surface area (Å²) in [6, 6.07) is 6.01. The number of pyridine rings is 1. The number of ether oxygens (including phenoxy) is 1. The summed E-state index contributed by atoms with van der Waals surface area (Å²) >= 11 is 4.73. The lowest BCUT2D eigenvalue weighted by Crippen LogP contribution is -2.22. The Hall–Kier alpha value is -5.06. The number of H-pyrrole nitrogens is 3. The largest absolute Gasteiger partial charge is 0.512 e. The van der Waals surface area contributed by atoms with E-state index in [-0.39, 0.29) is 48.0 Å². The first kappa shape index (κ1) is 34.8. The van der Waals surface area contributed by atoms with E-state index in [0.29, 0.717) is 58.0 Å². The van der Waals surface area contributed by atoms with Crippen molar-refractivity contribution < 1.29 is 24.7 Å². The first-order valence-electron chi connectivity index (χ1n) is 17.0. The maximum Gasteiger partial charge on any atom is 0.305 e. The summed E-state index contributed by atoms with van der Waals surface area (Å²) < 4.78 is 6.38. The molecule has 3 aromatic heterocycles. The van der Waals surface area contributed by atoms with Crippen LogP contribution in [0.5, 0.6) is 5.88 Å². The molecule has 6 heterocycles. The third-order valence-corrected chi connectivity index (χ3v) is 10.5. The van der Waals surface area contributed by atoms with Gasteiger partial charge in [0, 0.05) is 64.5 Å². The van der Waals surface area contributed by atoms with Crippen LogP contribution < -0.4 is 15.9 Å². The van der Waals surface area contributed by atoms with E-state index in [9.17, 15) is 19.8 Å². The van der Waals surface area contributed by atoms with Crippen molar-refractivity contribution in [2.45, 2.75) is 85.6 Å². The number of aliphatic hydroxyl groups excluding tert-OH is 1. The third-order valence-electron chi connectivity index (χ3n) is 10.4. The number of hydrogen-bond donors (Lipinski definition) is 4. The quantitative estimate of drug-likeness (QED) is 0.0704. The molecule has 11 nitrogen and oxygen atoms in total. The number of aliphatic imine (C=N–C) groups is 1. The lowest BCUT2D eigenvalue weighted by Gasteiger charge is -2.13. The summed E-state index contributed by atoms with van der Waals surface area (Å²) in [5, 5.41) is 26.8. The van der Waals surface area contributed by atoms with Gasteiger partial charge in [-0.15, -0.1) is 0 Å². The van der Waals surface area contributed by atoms with Gasteiger partial charge in [0.05, 0.1) is 46.5 Å². The van der Waals surface area contributed by atoms with E-state index < -0.39 is 0 Å². The van der Waals surface area contributed by atoms with Crippen molar-refractivity contribution in [1.82, 2.24) is 19.5 Å². The minimum atomic E-state index is -0.365. The van der Waals surface area contributed by atoms with Crippen molar-refractivity contribution >= 4 is 67.4 Å². The van der Waals surface area contributed by atoms with Crippen LogP contribution in [0.2, 0.25) is 0 Å². The number of esters is 1. The molecule has 2 atom stereocenters. The van der Waals surface area contributed by atoms with Crippen LogP contribution in [0, 0.1) is 6.92 Å². The molecule has 0 aliphatic carbocycles. The van der Waals surface area contributed by atoms with Gasteiger partial charge in [0.1, 0.15) is 5.39 Å². The molecule has 50 heavy (non-hydrogen) atoms. The Morgan fingerprint density at radius 3 is 2.60 bits per heavy atom. The van der Waals surface area contributed by atoms with Gasteiger partial charge in [-0.25, -0.2) is 15.0 Å². The van der Waals surface area contributed by atoms with Crippen LogP contribution in [0.25, 0.3) is 44.1 Å². The van der Waals surface area contributed by atoms with Crippen molar-refractivity contribution in [3.8, 4) is 5.88 Å². The molecule has 0 spiro atoms. The monoisotopic (exact) mass is 695 g/mol. The predicted molar refractivity (Wildman–Crippen MR) is 198 cm³/mol. The number of nitrogens with one attached hydrogen (secondary N) is 3. The highest BCUT2D eigenvalue weighted by atomic mass is 32.1. The standard InChI is InChI=1S/C38H42N6O5S/c1-8-23-18(2)25-16-30-32(22(6)45)20(4)27(41-30)14-26-19(3)24(10-11-31(46)49-7)35(42-26)34-36-33(21(5)28(43-36)15-29(23)40-25)37(47)44(38(34)48)13-9-12-39-17-50/h14-16,18,23,40,43,45,48H,8-13H2,1-7H3/p+1/t18-,23-/m1/s1. The number of carbonyl (C=O) groups excluding carboxylic acids is 1. The Labute approximate surface area is 294 Å². The number of allylic oxidation sites excluding steroid dienone is 4. The van der Waals surface area contributed by atoms with E-state index >= 15 is 0 Å². The molecular weight excluding hydrogens is 653 g/mol. The molecule has 6 rings (SSSR count). The second kappa shape index (κ2) is 13.7. The summed E-state index contributed by atoms with van der Waals surface area (Å²) in [7, 11) is 1.36. The SMILES string of the molecule is CC[C@H]1c2cc3[nH]c4c(c5[nH+]c(cc6nc(cc([nH]2)[C@@H]1C)C(=C(C)O)C=6C)C(C)=C5CCC(=O)OC)c(O)n(CCCN=C=S)c(=O)c4c3C. The first-order valence-corrected chi connectivity index (χ1v) is 17.4. The molecule has 0 saturated heterocycles. The van der Waals surface area contributed by atoms with Gasteiger partial charge >= 0.3 is 5.97 Å². The Morgan fingerprint density at radius 1 is 1.16 bits per heavy atom. The predicted octanol–water partition coefficient (Wildman–Crippen LogP) is 6.34. The van der Waals surface area contributed by atoms with Gasteiger partial charge < -0.3 is 24.9 Å². The minimum absolute atomic E-state index is 0.109. The molecule has 3 aromatic rings. The topological polar surface area (TPSA) is 160 Å². The van der Waals surface area contributed by atoms with E-state index in [1.54, 1.807) is 6.92 Å². The highest BCUT2D eigenvalue weighted by Gasteiger charge is 2.32. The molecular formula is C38H43N6O5S+. The molecule has 0 unspecified atom stereocenters. The van der Waals surface area contributed by atoms with E-state index in [1.807, 2.05) is 32.9 Å². The fourth-order valence-corrected chi connectivity index (χ4v) is 7.71. The van der Waals surface area contributed by atoms with Crippen LogP contribution in [0.15, 0.2) is 33.7 Å². The number of aromatic amines is 3. The summed E-state index contributed by atoms with van der Waals surface area (Å²) in [6.45, 7) is 12.4. The lowest BCUT2D eigenvalue weighted by molar-refractivity contribution is -0.379. The highest BCUT2D eigenvalue weighted by Crippen LogP contribution is 2.41. The van der Waals surface area contributed by atoms with Crippen molar-refractivity contribution in [3.63, 3.8) is 0 Å². The summed E-state index contributed by atoms with van der Waals surface area (Å²) in [5.41, 5.74) is 8.78. The highest BCUT2D eigenvalue weighted by molar-refractivity contribution is 7.78. The van der Waals surface area contributed by atoms with E-state index in [1.165, 1.54) is 11.7 Å². The molecule has 0 radical (unpaired) electrons. The molecule has 8 bridgehead atoms. The number of aryl methyl sites for hydroxylation is 1. The van der Waals surface area contributed by atoms with Crippen LogP contribution in [0.1, 0.15) is 106 Å². The fourth-order valence-electron chi connectivity index (χ4n) is 7.62. The van der Waals surface area contributed by atoms with Gasteiger partial charge in [0.25, 0.3) is 5.56 Å². The van der Waals surface area contributed by atoms with Crippen molar-refractivity contribution in [2.75, 3.05) is 13.7 Å². The van der Waals surface area contributed by atoms with Gasteiger partial charge in [-0.05, 0) is 82.4 Å². The van der Waals surface area contributed by atoms with Crippen LogP contribution >= 0.6 is 12.2 Å². The zero-order valence-corrected chi connectivity index (χ0v) is 30.3. The second-order valence-corrected chi connectivity index (χ2v) is 13.4. The van der Waals surface area contributed by atoms with E-state index in [4.69, 9.17) is 21.9 Å². The fraction of sp³-hybridized carbons (Fsp3) is 0.395. The lowest BCUT2D eigenvalue weighted by atomic mass is 9.89. The van der Waals surface area contributed by atoms with Crippen molar-refractivity contribution in [2.24, 2.45) is 4.99 Å². The van der Waals surface area contributed by atoms with E-state index in [0.717, 1.165) is 51.3 Å². The number of isothiocyanates is 1. The molecule has 3 aliphatic rings. The smallest absolute Gasteiger partial charge is 0.305 e. The number of methoxy groups -OCH3 is 1. The number of aromatic hydroxyl groups is 1. The molecule has 260 valence electrons. The van der Waals surface area contributed by atoms with Gasteiger partial charge in [0.2, 0.25) is 17.3 Å². The first-order chi connectivity index (χ1) is 23.9. The summed E-state index contributed by atoms with van der Waals surface area (Å²) in [4.78, 5) is 46.4. The number of aliphatic hydroxyl groups is 1. The number of carbonyl (C=O) groups is 1. The normalized spacial score (nSPS) is 17.6. The molecule has 0 fully saturated rings. The maximum atomic E-state index is 14.2. The molecule has 3 aliphatic heterocycles. The molecule has 0 aromatic carbocycles. The molecule has 5 N–H and O–H groups in total. The average Bonchev–Trinajstić information content (AvgIpc) is 3.76. The van der Waals surface area contributed by atoms with Gasteiger partial charge in [-0.3, -0.25) is 14.2 Å². The minimum Gasteiger partial charge on any atom is -0.512 e. The third kappa shape index (κ3) is 5.82. The summed E-state index contributed by atoms with van der Waals surface area (Å²) in [5.74, 6) is -0.0903. The number of nitrogens with zero attached hydrogens (tertiary/aromatic N) is 3.